The summed E-state index contributed by atoms with van der Waals surface area (Å²) in [5.41, 5.74) is 14.6. The quantitative estimate of drug-likeness (QED) is 0.173. The first-order valence-corrected chi connectivity index (χ1v) is 19.5. The number of aromatic nitrogens is 1. The van der Waals surface area contributed by atoms with E-state index >= 15 is 0 Å². The summed E-state index contributed by atoms with van der Waals surface area (Å²) in [6, 6.07) is 69.9. The highest BCUT2D eigenvalue weighted by atomic mass is 79.9. The van der Waals surface area contributed by atoms with Gasteiger partial charge in [-0.25, -0.2) is 0 Å². The Hall–Kier alpha value is -5.35. The van der Waals surface area contributed by atoms with Crippen molar-refractivity contribution in [2.24, 2.45) is 0 Å². The zero-order valence-corrected chi connectivity index (χ0v) is 32.4. The lowest BCUT2D eigenvalue weighted by Crippen LogP contribution is -2.34. The number of aryl methyl sites for hydroxylation is 1. The molecule has 0 unspecified atom stereocenters. The molecule has 0 atom stereocenters. The molecule has 1 aromatic heterocycles. The molecule has 2 aliphatic carbocycles. The van der Waals surface area contributed by atoms with E-state index in [9.17, 15) is 0 Å². The summed E-state index contributed by atoms with van der Waals surface area (Å²) in [6.45, 7) is 2.08. The van der Waals surface area contributed by atoms with Gasteiger partial charge in [-0.1, -0.05) is 195 Å². The van der Waals surface area contributed by atoms with E-state index in [0.29, 0.717) is 0 Å². The highest BCUT2D eigenvalue weighted by molar-refractivity contribution is 9.10. The number of hydrogen-bond donors (Lipinski definition) is 0. The lowest BCUT2D eigenvalue weighted by molar-refractivity contribution is 0.684. The fourth-order valence-corrected chi connectivity index (χ4v) is 9.26. The highest BCUT2D eigenvalue weighted by Crippen LogP contribution is 2.58. The van der Waals surface area contributed by atoms with Gasteiger partial charge in [0.25, 0.3) is 0 Å². The van der Waals surface area contributed by atoms with E-state index in [1.54, 1.807) is 0 Å². The van der Waals surface area contributed by atoms with Crippen molar-refractivity contribution in [1.82, 2.24) is 4.98 Å². The van der Waals surface area contributed by atoms with Crippen molar-refractivity contribution in [3.63, 3.8) is 0 Å². The lowest BCUT2D eigenvalue weighted by Gasteiger charge is -2.36. The van der Waals surface area contributed by atoms with Gasteiger partial charge < -0.3 is 0 Å². The lowest BCUT2D eigenvalue weighted by atomic mass is 9.68. The number of pyridine rings is 1. The first kappa shape index (κ1) is 33.5. The number of benzene rings is 7. The standard InChI is InChI=1S/C43H27Br2N.C7H8/c44-30-24-20-28(21-25-30)42(36-14-5-1-10-32(36)33-11-2-6-15-37(33)42)40-18-9-19-41(46-40)43(29-22-26-31(45)27-23-29)38-16-7-3-12-34(38)35-13-4-8-17-39(35)43;1-7-5-3-2-4-6-7/h1-27H;2-6H,1H3. The first-order valence-electron chi connectivity index (χ1n) is 17.9. The third kappa shape index (κ3) is 5.29. The number of hydrogen-bond acceptors (Lipinski definition) is 1. The fourth-order valence-electron chi connectivity index (χ4n) is 8.73. The molecule has 53 heavy (non-hydrogen) atoms. The molecule has 0 spiro atoms. The second-order valence-electron chi connectivity index (χ2n) is 13.8. The van der Waals surface area contributed by atoms with E-state index in [0.717, 1.165) is 20.3 Å². The summed E-state index contributed by atoms with van der Waals surface area (Å²) in [6.07, 6.45) is 0. The fraction of sp³-hybridized carbons (Fsp3) is 0.0600. The van der Waals surface area contributed by atoms with Gasteiger partial charge in [0.1, 0.15) is 0 Å². The molecule has 0 fully saturated rings. The third-order valence-corrected chi connectivity index (χ3v) is 12.0. The summed E-state index contributed by atoms with van der Waals surface area (Å²) < 4.78 is 2.11. The third-order valence-electron chi connectivity index (χ3n) is 10.9. The Labute approximate surface area is 328 Å². The number of rotatable bonds is 4. The minimum Gasteiger partial charge on any atom is -0.255 e. The Kier molecular flexibility index (Phi) is 8.57. The summed E-state index contributed by atoms with van der Waals surface area (Å²) in [5.74, 6) is 0. The van der Waals surface area contributed by atoms with E-state index in [1.165, 1.54) is 61.2 Å². The van der Waals surface area contributed by atoms with E-state index in [-0.39, 0.29) is 0 Å². The van der Waals surface area contributed by atoms with Crippen LogP contribution in [0.4, 0.5) is 0 Å². The first-order chi connectivity index (χ1) is 26.0. The predicted octanol–water partition coefficient (Wildman–Crippen LogP) is 13.3. The molecule has 8 aromatic rings. The van der Waals surface area contributed by atoms with Crippen LogP contribution in [-0.2, 0) is 10.8 Å². The monoisotopic (exact) mass is 807 g/mol. The van der Waals surface area contributed by atoms with Gasteiger partial charge in [-0.2, -0.15) is 0 Å². The molecular formula is C50H35Br2N. The van der Waals surface area contributed by atoms with Crippen molar-refractivity contribution in [2.75, 3.05) is 0 Å². The van der Waals surface area contributed by atoms with Crippen molar-refractivity contribution < 1.29 is 0 Å². The van der Waals surface area contributed by atoms with Gasteiger partial charge in [0, 0.05) is 8.95 Å². The van der Waals surface area contributed by atoms with Crippen LogP contribution in [0.3, 0.4) is 0 Å². The maximum Gasteiger partial charge on any atom is 0.0885 e. The van der Waals surface area contributed by atoms with Crippen molar-refractivity contribution in [2.45, 2.75) is 17.8 Å². The zero-order chi connectivity index (χ0) is 36.0. The molecule has 0 saturated carbocycles. The molecule has 0 bridgehead atoms. The number of halogens is 2. The SMILES string of the molecule is Brc1ccc(C2(c3cccc(C4(c5ccc(Br)cc5)c5ccccc5-c5ccccc54)n3)c3ccccc3-c3ccccc32)cc1.Cc1ccccc1. The Morgan fingerprint density at radius 1 is 0.340 bits per heavy atom. The van der Waals surface area contributed by atoms with Crippen molar-refractivity contribution >= 4 is 31.9 Å². The molecule has 10 rings (SSSR count). The van der Waals surface area contributed by atoms with Gasteiger partial charge in [0.2, 0.25) is 0 Å². The number of fused-ring (bicyclic) bond motifs is 6. The van der Waals surface area contributed by atoms with Gasteiger partial charge in [-0.15, -0.1) is 0 Å². The van der Waals surface area contributed by atoms with Crippen LogP contribution in [-0.4, -0.2) is 4.98 Å². The maximum absolute atomic E-state index is 5.85. The second kappa shape index (κ2) is 13.6. The van der Waals surface area contributed by atoms with Crippen LogP contribution in [0.25, 0.3) is 22.3 Å². The van der Waals surface area contributed by atoms with E-state index < -0.39 is 10.8 Å². The molecule has 0 radical (unpaired) electrons. The molecule has 0 aliphatic heterocycles. The van der Waals surface area contributed by atoms with Gasteiger partial charge in [0.05, 0.1) is 22.2 Å². The van der Waals surface area contributed by atoms with Crippen LogP contribution >= 0.6 is 31.9 Å². The van der Waals surface area contributed by atoms with Crippen molar-refractivity contribution in [1.29, 1.82) is 0 Å². The molecule has 0 N–H and O–H groups in total. The Balaban J connectivity index is 0.000000480. The Morgan fingerprint density at radius 2 is 0.660 bits per heavy atom. The Bertz CT molecular complexity index is 2340. The highest BCUT2D eigenvalue weighted by Gasteiger charge is 2.50. The van der Waals surface area contributed by atoms with Crippen LogP contribution in [0.2, 0.25) is 0 Å². The summed E-state index contributed by atoms with van der Waals surface area (Å²) in [5, 5.41) is 0. The smallest absolute Gasteiger partial charge is 0.0885 e. The molecule has 2 aliphatic rings. The molecule has 1 nitrogen and oxygen atoms in total. The summed E-state index contributed by atoms with van der Waals surface area (Å²) in [7, 11) is 0. The largest absolute Gasteiger partial charge is 0.255 e. The predicted molar refractivity (Wildman–Crippen MR) is 225 cm³/mol. The van der Waals surface area contributed by atoms with Gasteiger partial charge >= 0.3 is 0 Å². The molecule has 0 amide bonds. The van der Waals surface area contributed by atoms with E-state index in [1.807, 2.05) is 18.2 Å². The maximum atomic E-state index is 5.85. The average Bonchev–Trinajstić information content (AvgIpc) is 3.68. The van der Waals surface area contributed by atoms with Gasteiger partial charge in [-0.3, -0.25) is 4.98 Å². The van der Waals surface area contributed by atoms with E-state index in [4.69, 9.17) is 4.98 Å². The Morgan fingerprint density at radius 3 is 0.981 bits per heavy atom. The topological polar surface area (TPSA) is 12.9 Å². The van der Waals surface area contributed by atoms with Crippen LogP contribution < -0.4 is 0 Å². The molecule has 254 valence electrons. The molecule has 0 saturated heterocycles. The molecule has 7 aromatic carbocycles. The zero-order valence-electron chi connectivity index (χ0n) is 29.2. The summed E-state index contributed by atoms with van der Waals surface area (Å²) >= 11 is 7.39. The number of nitrogens with zero attached hydrogens (tertiary/aromatic N) is 1. The normalized spacial score (nSPS) is 13.9. The minimum atomic E-state index is -0.595. The van der Waals surface area contributed by atoms with Crippen LogP contribution in [0.15, 0.2) is 203 Å². The summed E-state index contributed by atoms with van der Waals surface area (Å²) in [4.78, 5) is 5.85. The molecular weight excluding hydrogens is 774 g/mol. The average molecular weight is 810 g/mol. The minimum absolute atomic E-state index is 0.595. The van der Waals surface area contributed by atoms with Gasteiger partial charge in [0.15, 0.2) is 0 Å². The molecule has 3 heteroatoms. The van der Waals surface area contributed by atoms with E-state index in [2.05, 4.69) is 215 Å². The van der Waals surface area contributed by atoms with Crippen molar-refractivity contribution in [3.05, 3.63) is 253 Å². The van der Waals surface area contributed by atoms with Crippen molar-refractivity contribution in [3.8, 4) is 22.3 Å². The molecule has 1 heterocycles. The van der Waals surface area contributed by atoms with Crippen LogP contribution in [0, 0.1) is 6.92 Å². The van der Waals surface area contributed by atoms with Crippen LogP contribution in [0.5, 0.6) is 0 Å². The second-order valence-corrected chi connectivity index (χ2v) is 15.6. The van der Waals surface area contributed by atoms with Gasteiger partial charge in [-0.05, 0) is 99.0 Å². The van der Waals surface area contributed by atoms with Crippen LogP contribution in [0.1, 0.15) is 50.3 Å².